The fraction of sp³-hybridized carbons (Fsp3) is 0.400. The number of hydrogen-bond acceptors (Lipinski definition) is 7. The number of primary amides is 1. The molecular formula is C10H11N5O5S. The third-order valence-electron chi connectivity index (χ3n) is 3.57. The van der Waals surface area contributed by atoms with Crippen molar-refractivity contribution in [2.24, 2.45) is 5.73 Å². The summed E-state index contributed by atoms with van der Waals surface area (Å²) in [4.78, 5) is 36.9. The van der Waals surface area contributed by atoms with Crippen molar-refractivity contribution in [2.45, 2.75) is 12.1 Å². The van der Waals surface area contributed by atoms with Crippen LogP contribution in [0.25, 0.3) is 0 Å². The third-order valence-corrected chi connectivity index (χ3v) is 3.75. The molecule has 10 nitrogen and oxygen atoms in total. The van der Waals surface area contributed by atoms with Gasteiger partial charge in [-0.25, -0.2) is 18.7 Å². The summed E-state index contributed by atoms with van der Waals surface area (Å²) in [6.45, 7) is 0.191. The Balaban J connectivity index is 2.20. The van der Waals surface area contributed by atoms with Crippen molar-refractivity contribution in [1.82, 2.24) is 19.7 Å². The molecule has 0 spiro atoms. The van der Waals surface area contributed by atoms with E-state index < -0.39 is 30.1 Å². The minimum absolute atomic E-state index is 0.191. The van der Waals surface area contributed by atoms with Crippen molar-refractivity contribution >= 4 is 30.9 Å². The van der Waals surface area contributed by atoms with Gasteiger partial charge in [0.05, 0.1) is 25.5 Å². The first kappa shape index (κ1) is 13.7. The van der Waals surface area contributed by atoms with Crippen LogP contribution in [0.2, 0.25) is 0 Å². The molecular weight excluding hydrogens is 302 g/mol. The van der Waals surface area contributed by atoms with Crippen LogP contribution in [-0.2, 0) is 13.8 Å². The lowest BCUT2D eigenvalue weighted by Crippen LogP contribution is -2.41. The Kier molecular flexibility index (Phi) is 3.02. The second-order valence-electron chi connectivity index (χ2n) is 4.52. The van der Waals surface area contributed by atoms with Gasteiger partial charge in [-0.3, -0.25) is 0 Å². The van der Waals surface area contributed by atoms with Crippen molar-refractivity contribution < 1.29 is 23.4 Å². The molecule has 112 valence electrons. The number of methoxy groups -OCH3 is 1. The van der Waals surface area contributed by atoms with Gasteiger partial charge >= 0.3 is 18.0 Å². The van der Waals surface area contributed by atoms with E-state index in [1.807, 2.05) is 0 Å². The van der Waals surface area contributed by atoms with Crippen LogP contribution in [0, 0.1) is 0 Å². The lowest BCUT2D eigenvalue weighted by molar-refractivity contribution is -0.146. The summed E-state index contributed by atoms with van der Waals surface area (Å²) >= 11 is 3.64. The summed E-state index contributed by atoms with van der Waals surface area (Å²) in [5.41, 5.74) is 5.93. The topological polar surface area (TPSA) is 120 Å². The number of hydrogen-bond donors (Lipinski definition) is 2. The van der Waals surface area contributed by atoms with Crippen molar-refractivity contribution in [2.75, 3.05) is 13.7 Å². The summed E-state index contributed by atoms with van der Waals surface area (Å²) < 4.78 is 10.4. The highest BCUT2D eigenvalue weighted by Crippen LogP contribution is 2.44. The second kappa shape index (κ2) is 4.63. The maximum Gasteiger partial charge on any atom is 0.346 e. The number of amides is 3. The zero-order chi connectivity index (χ0) is 15.3. The number of rotatable bonds is 2. The molecule has 3 rings (SSSR count). The van der Waals surface area contributed by atoms with E-state index in [2.05, 4.69) is 18.0 Å². The lowest BCUT2D eigenvalue weighted by Gasteiger charge is -2.28. The standard InChI is InChI=1S/C10H11N5O5S/c1-19-8(16)7-6-4(2-12-14(6)9(11)17)5-3-13(7)10(18)15(5)20-21/h2,5,7,21H,3H2,1H3,(H2,11,17). The highest BCUT2D eigenvalue weighted by atomic mass is 32.1. The first-order valence-corrected chi connectivity index (χ1v) is 6.24. The Hall–Kier alpha value is -2.27. The molecule has 2 bridgehead atoms. The van der Waals surface area contributed by atoms with Gasteiger partial charge in [-0.1, -0.05) is 0 Å². The quantitative estimate of drug-likeness (QED) is 0.435. The van der Waals surface area contributed by atoms with Gasteiger partial charge in [0, 0.05) is 18.5 Å². The Labute approximate surface area is 123 Å². The van der Waals surface area contributed by atoms with Gasteiger partial charge in [-0.15, -0.1) is 0 Å². The van der Waals surface area contributed by atoms with E-state index in [9.17, 15) is 14.4 Å². The number of nitrogens with zero attached hydrogens (tertiary/aromatic N) is 4. The Bertz CT molecular complexity index is 646. The smallest absolute Gasteiger partial charge is 0.346 e. The van der Waals surface area contributed by atoms with Gasteiger partial charge < -0.3 is 15.4 Å². The lowest BCUT2D eigenvalue weighted by atomic mass is 9.98. The van der Waals surface area contributed by atoms with Gasteiger partial charge in [0.1, 0.15) is 6.04 Å². The predicted octanol–water partition coefficient (Wildman–Crippen LogP) is -0.407. The molecule has 3 heterocycles. The molecule has 1 saturated heterocycles. The Morgan fingerprint density at radius 1 is 1.52 bits per heavy atom. The van der Waals surface area contributed by atoms with Crippen molar-refractivity contribution in [3.8, 4) is 0 Å². The molecule has 1 aromatic heterocycles. The van der Waals surface area contributed by atoms with Crippen LogP contribution in [-0.4, -0.2) is 51.4 Å². The summed E-state index contributed by atoms with van der Waals surface area (Å²) in [7, 11) is 1.19. The van der Waals surface area contributed by atoms with Crippen LogP contribution in [0.4, 0.5) is 9.59 Å². The molecule has 2 atom stereocenters. The summed E-state index contributed by atoms with van der Waals surface area (Å²) in [6, 6.07) is -3.06. The summed E-state index contributed by atoms with van der Waals surface area (Å²) in [5, 5.41) is 4.86. The molecule has 2 aliphatic rings. The molecule has 1 fully saturated rings. The molecule has 0 saturated carbocycles. The number of ether oxygens (including phenoxy) is 1. The zero-order valence-electron chi connectivity index (χ0n) is 10.8. The number of carbonyl (C=O) groups is 3. The van der Waals surface area contributed by atoms with Crippen LogP contribution in [0.15, 0.2) is 6.20 Å². The number of fused-ring (bicyclic) bond motifs is 4. The molecule has 3 amide bonds. The molecule has 11 heteroatoms. The fourth-order valence-corrected chi connectivity index (χ4v) is 2.89. The third kappa shape index (κ3) is 1.70. The zero-order valence-corrected chi connectivity index (χ0v) is 11.7. The van der Waals surface area contributed by atoms with Gasteiger partial charge in [-0.2, -0.15) is 14.8 Å². The van der Waals surface area contributed by atoms with Crippen LogP contribution < -0.4 is 5.73 Å². The Morgan fingerprint density at radius 3 is 2.81 bits per heavy atom. The highest BCUT2D eigenvalue weighted by molar-refractivity contribution is 7.75. The summed E-state index contributed by atoms with van der Waals surface area (Å²) in [6.07, 6.45) is 1.37. The first-order valence-electron chi connectivity index (χ1n) is 5.88. The molecule has 0 aromatic carbocycles. The monoisotopic (exact) mass is 313 g/mol. The van der Waals surface area contributed by atoms with Gasteiger partial charge in [-0.05, 0) is 0 Å². The average Bonchev–Trinajstić information content (AvgIpc) is 3.01. The molecule has 2 unspecified atom stereocenters. The normalized spacial score (nSPS) is 23.2. The number of aromatic nitrogens is 2. The minimum Gasteiger partial charge on any atom is -0.467 e. The number of urea groups is 1. The number of thiol groups is 1. The second-order valence-corrected chi connectivity index (χ2v) is 4.68. The number of hydroxylamine groups is 2. The first-order chi connectivity index (χ1) is 10.0. The van der Waals surface area contributed by atoms with E-state index in [1.165, 1.54) is 18.2 Å². The highest BCUT2D eigenvalue weighted by Gasteiger charge is 2.53. The number of nitrogens with two attached hydrogens (primary N) is 1. The van der Waals surface area contributed by atoms with Crippen LogP contribution in [0.1, 0.15) is 23.3 Å². The average molecular weight is 313 g/mol. The molecule has 21 heavy (non-hydrogen) atoms. The molecule has 2 N–H and O–H groups in total. The number of carbonyl (C=O) groups excluding carboxylic acids is 3. The van der Waals surface area contributed by atoms with Gasteiger partial charge in [0.2, 0.25) is 0 Å². The van der Waals surface area contributed by atoms with E-state index >= 15 is 0 Å². The van der Waals surface area contributed by atoms with E-state index in [1.54, 1.807) is 0 Å². The molecule has 1 aromatic rings. The number of esters is 1. The van der Waals surface area contributed by atoms with Gasteiger partial charge in [0.15, 0.2) is 6.04 Å². The molecule has 2 aliphatic heterocycles. The van der Waals surface area contributed by atoms with Gasteiger partial charge in [0.25, 0.3) is 0 Å². The van der Waals surface area contributed by atoms with Crippen molar-refractivity contribution in [3.63, 3.8) is 0 Å². The summed E-state index contributed by atoms with van der Waals surface area (Å²) in [5.74, 6) is -0.702. The molecule has 0 aliphatic carbocycles. The van der Waals surface area contributed by atoms with E-state index in [4.69, 9.17) is 14.8 Å². The van der Waals surface area contributed by atoms with E-state index in [0.29, 0.717) is 5.56 Å². The maximum atomic E-state index is 12.2. The molecule has 0 radical (unpaired) electrons. The van der Waals surface area contributed by atoms with E-state index in [0.717, 1.165) is 9.75 Å². The fourth-order valence-electron chi connectivity index (χ4n) is 2.71. The van der Waals surface area contributed by atoms with Crippen LogP contribution in [0.5, 0.6) is 0 Å². The van der Waals surface area contributed by atoms with Crippen LogP contribution >= 0.6 is 12.9 Å². The van der Waals surface area contributed by atoms with Crippen LogP contribution in [0.3, 0.4) is 0 Å². The predicted molar refractivity (Wildman–Crippen MR) is 68.7 cm³/mol. The largest absolute Gasteiger partial charge is 0.467 e. The minimum atomic E-state index is -1.11. The van der Waals surface area contributed by atoms with Crippen molar-refractivity contribution in [1.29, 1.82) is 0 Å². The maximum absolute atomic E-state index is 12.2. The van der Waals surface area contributed by atoms with Crippen molar-refractivity contribution in [3.05, 3.63) is 17.5 Å². The van der Waals surface area contributed by atoms with E-state index in [-0.39, 0.29) is 12.2 Å². The Morgan fingerprint density at radius 2 is 2.24 bits per heavy atom. The SMILES string of the molecule is COC(=O)C1c2c(cnn2C(N)=O)C2CN1C(=O)N2OS.